The van der Waals surface area contributed by atoms with Gasteiger partial charge < -0.3 is 14.8 Å². The summed E-state index contributed by atoms with van der Waals surface area (Å²) in [6.07, 6.45) is 1.45. The van der Waals surface area contributed by atoms with E-state index >= 15 is 0 Å². The summed E-state index contributed by atoms with van der Waals surface area (Å²) in [6.45, 7) is 8.68. The van der Waals surface area contributed by atoms with Gasteiger partial charge in [-0.3, -0.25) is 4.68 Å². The standard InChI is InChI=1S/C14H19N3O4/c1-5-13(18)20-9-11(21-14(19)6-2)8-15-12-7-10(3)16-17(12)4/h5-7,11,15H,1-2,8-9H2,3-4H3. The number of carbonyl (C=O) groups excluding carboxylic acids is 2. The van der Waals surface area contributed by atoms with Crippen LogP contribution < -0.4 is 5.32 Å². The van der Waals surface area contributed by atoms with Gasteiger partial charge in [-0.05, 0) is 6.92 Å². The molecule has 1 unspecified atom stereocenters. The first-order valence-corrected chi connectivity index (χ1v) is 6.33. The molecule has 7 heteroatoms. The van der Waals surface area contributed by atoms with E-state index in [-0.39, 0.29) is 13.2 Å². The van der Waals surface area contributed by atoms with Crippen molar-refractivity contribution in [3.63, 3.8) is 0 Å². The highest BCUT2D eigenvalue weighted by molar-refractivity contribution is 5.82. The molecule has 0 spiro atoms. The Kier molecular flexibility index (Phi) is 6.19. The number of anilines is 1. The van der Waals surface area contributed by atoms with E-state index in [0.29, 0.717) is 0 Å². The van der Waals surface area contributed by atoms with E-state index < -0.39 is 18.0 Å². The minimum atomic E-state index is -0.644. The van der Waals surface area contributed by atoms with E-state index in [4.69, 9.17) is 9.47 Å². The van der Waals surface area contributed by atoms with Crippen LogP contribution in [0.4, 0.5) is 5.82 Å². The molecular formula is C14H19N3O4. The van der Waals surface area contributed by atoms with Crippen LogP contribution in [0.15, 0.2) is 31.4 Å². The fourth-order valence-corrected chi connectivity index (χ4v) is 1.58. The average Bonchev–Trinajstić information content (AvgIpc) is 2.79. The third kappa shape index (κ3) is 5.52. The predicted molar refractivity (Wildman–Crippen MR) is 77.7 cm³/mol. The molecule has 1 heterocycles. The molecule has 0 radical (unpaired) electrons. The molecule has 1 N–H and O–H groups in total. The van der Waals surface area contributed by atoms with Crippen LogP contribution in [0, 0.1) is 6.92 Å². The van der Waals surface area contributed by atoms with Crippen molar-refractivity contribution in [2.45, 2.75) is 13.0 Å². The molecule has 0 bridgehead atoms. The highest BCUT2D eigenvalue weighted by atomic mass is 16.6. The molecule has 0 saturated carbocycles. The fraction of sp³-hybridized carbons (Fsp3) is 0.357. The lowest BCUT2D eigenvalue weighted by atomic mass is 10.3. The minimum Gasteiger partial charge on any atom is -0.459 e. The SMILES string of the molecule is C=CC(=O)OCC(CNc1cc(C)nn1C)OC(=O)C=C. The molecule has 1 aromatic heterocycles. The van der Waals surface area contributed by atoms with E-state index in [2.05, 4.69) is 23.6 Å². The molecule has 1 rings (SSSR count). The zero-order valence-corrected chi connectivity index (χ0v) is 12.2. The Labute approximate surface area is 123 Å². The number of nitrogens with zero attached hydrogens (tertiary/aromatic N) is 2. The Morgan fingerprint density at radius 1 is 1.43 bits per heavy atom. The topological polar surface area (TPSA) is 82.4 Å². The van der Waals surface area contributed by atoms with Crippen molar-refractivity contribution >= 4 is 17.8 Å². The summed E-state index contributed by atoms with van der Waals surface area (Å²) < 4.78 is 11.7. The first-order chi connectivity index (χ1) is 9.96. The van der Waals surface area contributed by atoms with Crippen molar-refractivity contribution in [2.24, 2.45) is 7.05 Å². The molecule has 7 nitrogen and oxygen atoms in total. The van der Waals surface area contributed by atoms with Crippen LogP contribution >= 0.6 is 0 Å². The molecule has 0 aliphatic heterocycles. The van der Waals surface area contributed by atoms with Gasteiger partial charge in [0.25, 0.3) is 0 Å². The molecule has 0 aliphatic rings. The largest absolute Gasteiger partial charge is 0.459 e. The van der Waals surface area contributed by atoms with E-state index in [0.717, 1.165) is 23.7 Å². The fourth-order valence-electron chi connectivity index (χ4n) is 1.58. The molecule has 0 fully saturated rings. The second kappa shape index (κ2) is 7.88. The van der Waals surface area contributed by atoms with Gasteiger partial charge in [-0.1, -0.05) is 13.2 Å². The van der Waals surface area contributed by atoms with E-state index in [1.54, 1.807) is 11.7 Å². The quantitative estimate of drug-likeness (QED) is 0.568. The Morgan fingerprint density at radius 3 is 2.62 bits per heavy atom. The Hall–Kier alpha value is -2.57. The lowest BCUT2D eigenvalue weighted by Crippen LogP contribution is -2.31. The van der Waals surface area contributed by atoms with Crippen LogP contribution in [-0.2, 0) is 26.1 Å². The molecular weight excluding hydrogens is 274 g/mol. The minimum absolute atomic E-state index is 0.0751. The monoisotopic (exact) mass is 293 g/mol. The molecule has 1 atom stereocenters. The number of hydrogen-bond donors (Lipinski definition) is 1. The van der Waals surface area contributed by atoms with Gasteiger partial charge >= 0.3 is 11.9 Å². The highest BCUT2D eigenvalue weighted by Crippen LogP contribution is 2.08. The highest BCUT2D eigenvalue weighted by Gasteiger charge is 2.15. The van der Waals surface area contributed by atoms with Crippen LogP contribution in [0.2, 0.25) is 0 Å². The maximum atomic E-state index is 11.3. The second-order valence-corrected chi connectivity index (χ2v) is 4.27. The van der Waals surface area contributed by atoms with Gasteiger partial charge in [0.05, 0.1) is 12.2 Å². The summed E-state index contributed by atoms with van der Waals surface area (Å²) in [6, 6.07) is 1.85. The normalized spacial score (nSPS) is 11.3. The maximum absolute atomic E-state index is 11.3. The molecule has 21 heavy (non-hydrogen) atoms. The van der Waals surface area contributed by atoms with Crippen molar-refractivity contribution in [1.29, 1.82) is 0 Å². The van der Waals surface area contributed by atoms with Gasteiger partial charge in [-0.15, -0.1) is 0 Å². The Balaban J connectivity index is 2.60. The number of carbonyl (C=O) groups is 2. The summed E-state index contributed by atoms with van der Waals surface area (Å²) in [5.41, 5.74) is 0.859. The molecule has 0 aliphatic carbocycles. The molecule has 0 amide bonds. The number of aromatic nitrogens is 2. The summed E-state index contributed by atoms with van der Waals surface area (Å²) in [5.74, 6) is -0.397. The van der Waals surface area contributed by atoms with Crippen molar-refractivity contribution in [2.75, 3.05) is 18.5 Å². The van der Waals surface area contributed by atoms with Crippen molar-refractivity contribution in [3.05, 3.63) is 37.1 Å². The van der Waals surface area contributed by atoms with Crippen LogP contribution in [0.5, 0.6) is 0 Å². The Morgan fingerprint density at radius 2 is 2.10 bits per heavy atom. The third-order valence-electron chi connectivity index (χ3n) is 2.54. The molecule has 0 aromatic carbocycles. The lowest BCUT2D eigenvalue weighted by molar-refractivity contribution is -0.151. The molecule has 0 saturated heterocycles. The van der Waals surface area contributed by atoms with E-state index in [9.17, 15) is 9.59 Å². The lowest BCUT2D eigenvalue weighted by Gasteiger charge is -2.17. The van der Waals surface area contributed by atoms with Crippen LogP contribution in [0.25, 0.3) is 0 Å². The first kappa shape index (κ1) is 16.5. The van der Waals surface area contributed by atoms with Gasteiger partial charge in [-0.2, -0.15) is 5.10 Å². The third-order valence-corrected chi connectivity index (χ3v) is 2.54. The zero-order chi connectivity index (χ0) is 15.8. The maximum Gasteiger partial charge on any atom is 0.330 e. The number of esters is 2. The molecule has 1 aromatic rings. The summed E-state index contributed by atoms with van der Waals surface area (Å²) >= 11 is 0. The number of nitrogens with one attached hydrogen (secondary N) is 1. The zero-order valence-electron chi connectivity index (χ0n) is 12.2. The summed E-state index contributed by atoms with van der Waals surface area (Å²) in [7, 11) is 1.79. The first-order valence-electron chi connectivity index (χ1n) is 6.33. The number of hydrogen-bond acceptors (Lipinski definition) is 6. The van der Waals surface area contributed by atoms with Crippen molar-refractivity contribution < 1.29 is 19.1 Å². The number of rotatable bonds is 8. The summed E-state index contributed by atoms with van der Waals surface area (Å²) in [5, 5.41) is 7.26. The van der Waals surface area contributed by atoms with Gasteiger partial charge in [-0.25, -0.2) is 9.59 Å². The van der Waals surface area contributed by atoms with Gasteiger partial charge in [0.1, 0.15) is 12.4 Å². The second-order valence-electron chi connectivity index (χ2n) is 4.27. The summed E-state index contributed by atoms with van der Waals surface area (Å²) in [4.78, 5) is 22.3. The van der Waals surface area contributed by atoms with Gasteiger partial charge in [0.2, 0.25) is 0 Å². The van der Waals surface area contributed by atoms with E-state index in [1.807, 2.05) is 13.0 Å². The molecule has 114 valence electrons. The van der Waals surface area contributed by atoms with Gasteiger partial charge in [0, 0.05) is 25.3 Å². The Bertz CT molecular complexity index is 536. The van der Waals surface area contributed by atoms with Crippen molar-refractivity contribution in [3.8, 4) is 0 Å². The van der Waals surface area contributed by atoms with Crippen LogP contribution in [0.3, 0.4) is 0 Å². The number of ether oxygens (including phenoxy) is 2. The smallest absolute Gasteiger partial charge is 0.330 e. The van der Waals surface area contributed by atoms with E-state index in [1.165, 1.54) is 0 Å². The average molecular weight is 293 g/mol. The van der Waals surface area contributed by atoms with Crippen LogP contribution in [0.1, 0.15) is 5.69 Å². The predicted octanol–water partition coefficient (Wildman–Crippen LogP) is 0.967. The van der Waals surface area contributed by atoms with Crippen LogP contribution in [-0.4, -0.2) is 41.0 Å². The number of aryl methyl sites for hydroxylation is 2. The van der Waals surface area contributed by atoms with Gasteiger partial charge in [0.15, 0.2) is 6.10 Å². The van der Waals surface area contributed by atoms with Crippen molar-refractivity contribution in [1.82, 2.24) is 9.78 Å².